The van der Waals surface area contributed by atoms with Gasteiger partial charge in [-0.15, -0.1) is 0 Å². The molecule has 2 rings (SSSR count). The van der Waals surface area contributed by atoms with Gasteiger partial charge in [0.25, 0.3) is 5.89 Å². The number of halogens is 1. The van der Waals surface area contributed by atoms with E-state index in [2.05, 4.69) is 26.1 Å². The van der Waals surface area contributed by atoms with E-state index in [-0.39, 0.29) is 0 Å². The molecule has 0 atom stereocenters. The van der Waals surface area contributed by atoms with Gasteiger partial charge in [-0.1, -0.05) is 16.8 Å². The maximum Gasteiger partial charge on any atom is 0.259 e. The fraction of sp³-hybridized carbons (Fsp3) is 0.333. The third kappa shape index (κ3) is 2.56. The van der Waals surface area contributed by atoms with Crippen molar-refractivity contribution in [2.24, 2.45) is 5.73 Å². The van der Waals surface area contributed by atoms with Gasteiger partial charge in [0.05, 0.1) is 11.1 Å². The summed E-state index contributed by atoms with van der Waals surface area (Å²) in [6.07, 6.45) is 0. The number of rotatable bonds is 2. The van der Waals surface area contributed by atoms with Crippen LogP contribution in [0.4, 0.5) is 0 Å². The molecule has 0 aliphatic rings. The summed E-state index contributed by atoms with van der Waals surface area (Å²) in [4.78, 5) is 4.32. The van der Waals surface area contributed by atoms with E-state index in [0.29, 0.717) is 11.7 Å². The lowest BCUT2D eigenvalue weighted by Crippen LogP contribution is -2.30. The summed E-state index contributed by atoms with van der Waals surface area (Å²) >= 11 is 3.47. The average molecular weight is 296 g/mol. The number of benzene rings is 1. The predicted molar refractivity (Wildman–Crippen MR) is 69.4 cm³/mol. The minimum atomic E-state index is -0.599. The maximum absolute atomic E-state index is 5.92. The molecular formula is C12H14BrN3O. The zero-order valence-corrected chi connectivity index (χ0v) is 11.6. The summed E-state index contributed by atoms with van der Waals surface area (Å²) in [6.45, 7) is 5.69. The largest absolute Gasteiger partial charge is 0.334 e. The lowest BCUT2D eigenvalue weighted by molar-refractivity contribution is 0.397. The predicted octanol–water partition coefficient (Wildman–Crippen LogP) is 3.00. The first-order chi connectivity index (χ1) is 7.88. The Kier molecular flexibility index (Phi) is 3.05. The average Bonchev–Trinajstić information content (AvgIpc) is 2.70. The van der Waals surface area contributed by atoms with Crippen molar-refractivity contribution >= 4 is 15.9 Å². The van der Waals surface area contributed by atoms with E-state index in [1.807, 2.05) is 39.0 Å². The van der Waals surface area contributed by atoms with Gasteiger partial charge in [0.1, 0.15) is 0 Å². The molecule has 0 saturated heterocycles. The van der Waals surface area contributed by atoms with Crippen LogP contribution in [0.25, 0.3) is 11.5 Å². The summed E-state index contributed by atoms with van der Waals surface area (Å²) in [6, 6.07) is 5.96. The first-order valence-electron chi connectivity index (χ1n) is 5.27. The summed E-state index contributed by atoms with van der Waals surface area (Å²) in [5, 5.41) is 3.90. The molecule has 2 N–H and O–H groups in total. The molecule has 0 aliphatic carbocycles. The van der Waals surface area contributed by atoms with Crippen LogP contribution in [-0.2, 0) is 5.54 Å². The summed E-state index contributed by atoms with van der Waals surface area (Å²) < 4.78 is 6.17. The van der Waals surface area contributed by atoms with Gasteiger partial charge in [-0.05, 0) is 48.8 Å². The second-order valence-electron chi connectivity index (χ2n) is 4.63. The molecule has 1 aromatic carbocycles. The molecule has 5 heteroatoms. The fourth-order valence-electron chi connectivity index (χ4n) is 1.40. The van der Waals surface area contributed by atoms with E-state index < -0.39 is 5.54 Å². The lowest BCUT2D eigenvalue weighted by Gasteiger charge is -2.11. The first-order valence-corrected chi connectivity index (χ1v) is 6.07. The second kappa shape index (κ2) is 4.23. The smallest absolute Gasteiger partial charge is 0.259 e. The highest BCUT2D eigenvalue weighted by molar-refractivity contribution is 9.10. The molecule has 0 amide bonds. The standard InChI is InChI=1S/C12H14BrN3O/c1-7-4-5-9(13)8(6-7)10-15-11(16-17-10)12(2,3)14/h4-6H,14H2,1-3H3. The Morgan fingerprint density at radius 2 is 2.06 bits per heavy atom. The number of aromatic nitrogens is 2. The zero-order valence-electron chi connectivity index (χ0n) is 9.99. The normalized spacial score (nSPS) is 11.8. The summed E-state index contributed by atoms with van der Waals surface area (Å²) in [5.41, 5.74) is 7.34. The van der Waals surface area contributed by atoms with Crippen LogP contribution in [0.3, 0.4) is 0 Å². The molecule has 0 aliphatic heterocycles. The Bertz CT molecular complexity index is 543. The van der Waals surface area contributed by atoms with Gasteiger partial charge in [-0.25, -0.2) is 0 Å². The minimum absolute atomic E-state index is 0.481. The van der Waals surface area contributed by atoms with Crippen molar-refractivity contribution in [2.75, 3.05) is 0 Å². The number of nitrogens with two attached hydrogens (primary N) is 1. The van der Waals surface area contributed by atoms with E-state index in [4.69, 9.17) is 10.3 Å². The van der Waals surface area contributed by atoms with Gasteiger partial charge in [0, 0.05) is 4.47 Å². The van der Waals surface area contributed by atoms with Crippen LogP contribution < -0.4 is 5.73 Å². The number of aryl methyl sites for hydroxylation is 1. The van der Waals surface area contributed by atoms with Crippen LogP contribution in [0, 0.1) is 6.92 Å². The van der Waals surface area contributed by atoms with Crippen molar-refractivity contribution in [3.8, 4) is 11.5 Å². The van der Waals surface area contributed by atoms with Crippen LogP contribution in [0.15, 0.2) is 27.2 Å². The molecule has 0 radical (unpaired) electrons. The molecule has 2 aromatic rings. The first kappa shape index (κ1) is 12.3. The third-order valence-electron chi connectivity index (χ3n) is 2.35. The quantitative estimate of drug-likeness (QED) is 0.925. The summed E-state index contributed by atoms with van der Waals surface area (Å²) in [5.74, 6) is 0.981. The Balaban J connectivity index is 2.47. The monoisotopic (exact) mass is 295 g/mol. The van der Waals surface area contributed by atoms with Crippen molar-refractivity contribution in [3.63, 3.8) is 0 Å². The number of nitrogens with zero attached hydrogens (tertiary/aromatic N) is 2. The third-order valence-corrected chi connectivity index (χ3v) is 3.05. The lowest BCUT2D eigenvalue weighted by atomic mass is 10.1. The SMILES string of the molecule is Cc1ccc(Br)c(-c2nc(C(C)(C)N)no2)c1. The van der Waals surface area contributed by atoms with Crippen molar-refractivity contribution in [1.29, 1.82) is 0 Å². The highest BCUT2D eigenvalue weighted by Gasteiger charge is 2.22. The molecule has 0 spiro atoms. The number of hydrogen-bond donors (Lipinski definition) is 1. The van der Waals surface area contributed by atoms with Crippen LogP contribution >= 0.6 is 15.9 Å². The van der Waals surface area contributed by atoms with E-state index in [1.165, 1.54) is 0 Å². The van der Waals surface area contributed by atoms with Gasteiger partial charge in [0.2, 0.25) is 0 Å². The topological polar surface area (TPSA) is 64.9 Å². The van der Waals surface area contributed by atoms with Crippen LogP contribution in [-0.4, -0.2) is 10.1 Å². The van der Waals surface area contributed by atoms with Crippen LogP contribution in [0.5, 0.6) is 0 Å². The van der Waals surface area contributed by atoms with Crippen molar-refractivity contribution < 1.29 is 4.52 Å². The van der Waals surface area contributed by atoms with Crippen LogP contribution in [0.2, 0.25) is 0 Å². The summed E-state index contributed by atoms with van der Waals surface area (Å²) in [7, 11) is 0. The molecule has 1 aromatic heterocycles. The molecule has 4 nitrogen and oxygen atoms in total. The van der Waals surface area contributed by atoms with Gasteiger partial charge < -0.3 is 10.3 Å². The Morgan fingerprint density at radius 3 is 2.65 bits per heavy atom. The molecule has 0 fully saturated rings. The minimum Gasteiger partial charge on any atom is -0.334 e. The van der Waals surface area contributed by atoms with Gasteiger partial charge in [0.15, 0.2) is 5.82 Å². The van der Waals surface area contributed by atoms with Crippen molar-refractivity contribution in [3.05, 3.63) is 34.1 Å². The molecule has 17 heavy (non-hydrogen) atoms. The molecule has 90 valence electrons. The molecule has 0 unspecified atom stereocenters. The fourth-order valence-corrected chi connectivity index (χ4v) is 1.81. The van der Waals surface area contributed by atoms with Crippen molar-refractivity contribution in [2.45, 2.75) is 26.3 Å². The highest BCUT2D eigenvalue weighted by atomic mass is 79.9. The molecule has 1 heterocycles. The Hall–Kier alpha value is -1.20. The van der Waals surface area contributed by atoms with Gasteiger partial charge in [-0.3, -0.25) is 0 Å². The van der Waals surface area contributed by atoms with Crippen molar-refractivity contribution in [1.82, 2.24) is 10.1 Å². The Labute approximate surface area is 108 Å². The number of hydrogen-bond acceptors (Lipinski definition) is 4. The molecular weight excluding hydrogens is 282 g/mol. The van der Waals surface area contributed by atoms with Gasteiger partial charge >= 0.3 is 0 Å². The van der Waals surface area contributed by atoms with E-state index in [9.17, 15) is 0 Å². The van der Waals surface area contributed by atoms with Crippen LogP contribution in [0.1, 0.15) is 25.2 Å². The van der Waals surface area contributed by atoms with Gasteiger partial charge in [-0.2, -0.15) is 4.98 Å². The second-order valence-corrected chi connectivity index (χ2v) is 5.48. The van der Waals surface area contributed by atoms with E-state index >= 15 is 0 Å². The highest BCUT2D eigenvalue weighted by Crippen LogP contribution is 2.28. The molecule has 0 bridgehead atoms. The maximum atomic E-state index is 5.92. The molecule has 0 saturated carbocycles. The Morgan fingerprint density at radius 1 is 1.35 bits per heavy atom. The van der Waals surface area contributed by atoms with E-state index in [0.717, 1.165) is 15.6 Å². The zero-order chi connectivity index (χ0) is 12.6. The van der Waals surface area contributed by atoms with E-state index in [1.54, 1.807) is 0 Å².